The van der Waals surface area contributed by atoms with Crippen LogP contribution in [-0.4, -0.2) is 12.5 Å². The fourth-order valence-corrected chi connectivity index (χ4v) is 2.53. The third-order valence-corrected chi connectivity index (χ3v) is 3.20. The summed E-state index contributed by atoms with van der Waals surface area (Å²) in [5.41, 5.74) is 1.91. The number of nitrogens with zero attached hydrogens (tertiary/aromatic N) is 1. The summed E-state index contributed by atoms with van der Waals surface area (Å²) in [6.45, 7) is 5.05. The average Bonchev–Trinajstić information content (AvgIpc) is 2.57. The van der Waals surface area contributed by atoms with Gasteiger partial charge in [0.1, 0.15) is 0 Å². The van der Waals surface area contributed by atoms with E-state index in [1.807, 2.05) is 29.2 Å². The Morgan fingerprint density at radius 3 is 2.53 bits per heavy atom. The zero-order valence-corrected chi connectivity index (χ0v) is 10.1. The lowest BCUT2D eigenvalue weighted by atomic mass is 10.1. The Hall–Kier alpha value is -1.83. The number of hydrogen-bond acceptors (Lipinski definition) is 1. The molecule has 3 rings (SSSR count). The molecule has 86 valence electrons. The van der Waals surface area contributed by atoms with Gasteiger partial charge in [0, 0.05) is 17.5 Å². The van der Waals surface area contributed by atoms with Gasteiger partial charge in [0.05, 0.1) is 5.69 Å². The van der Waals surface area contributed by atoms with Crippen LogP contribution in [0.4, 0.5) is 5.69 Å². The second-order valence-electron chi connectivity index (χ2n) is 4.99. The maximum atomic E-state index is 12.3. The minimum absolute atomic E-state index is 0.144. The fraction of sp³-hybridized carbons (Fsp3) is 0.267. The third kappa shape index (κ3) is 1.44. The molecule has 2 nitrogen and oxygen atoms in total. The second-order valence-corrected chi connectivity index (χ2v) is 4.99. The van der Waals surface area contributed by atoms with E-state index in [-0.39, 0.29) is 5.91 Å². The lowest BCUT2D eigenvalue weighted by Crippen LogP contribution is -2.30. The number of carbonyl (C=O) groups is 1. The van der Waals surface area contributed by atoms with Crippen LogP contribution in [0.3, 0.4) is 0 Å². The van der Waals surface area contributed by atoms with Crippen LogP contribution in [0, 0.1) is 5.92 Å². The van der Waals surface area contributed by atoms with Crippen molar-refractivity contribution >= 4 is 22.4 Å². The fourth-order valence-electron chi connectivity index (χ4n) is 2.53. The minimum Gasteiger partial charge on any atom is -0.307 e. The summed E-state index contributed by atoms with van der Waals surface area (Å²) in [4.78, 5) is 14.2. The van der Waals surface area contributed by atoms with Crippen molar-refractivity contribution in [3.63, 3.8) is 0 Å². The highest BCUT2D eigenvalue weighted by Crippen LogP contribution is 2.37. The first kappa shape index (κ1) is 10.3. The topological polar surface area (TPSA) is 20.3 Å². The lowest BCUT2D eigenvalue weighted by Gasteiger charge is -2.19. The van der Waals surface area contributed by atoms with Gasteiger partial charge in [0.15, 0.2) is 0 Å². The Morgan fingerprint density at radius 2 is 1.82 bits per heavy atom. The molecule has 2 heteroatoms. The molecular formula is C15H15NO. The van der Waals surface area contributed by atoms with Gasteiger partial charge in [-0.1, -0.05) is 38.1 Å². The normalized spacial score (nSPS) is 14.1. The summed E-state index contributed by atoms with van der Waals surface area (Å²) in [5.74, 6) is 0.619. The second kappa shape index (κ2) is 3.59. The van der Waals surface area contributed by atoms with Gasteiger partial charge < -0.3 is 4.90 Å². The molecule has 17 heavy (non-hydrogen) atoms. The van der Waals surface area contributed by atoms with Crippen molar-refractivity contribution in [3.8, 4) is 0 Å². The predicted molar refractivity (Wildman–Crippen MR) is 70.5 cm³/mol. The maximum absolute atomic E-state index is 12.3. The molecule has 0 saturated carbocycles. The van der Waals surface area contributed by atoms with E-state index in [1.165, 1.54) is 0 Å². The van der Waals surface area contributed by atoms with E-state index in [0.717, 1.165) is 28.6 Å². The summed E-state index contributed by atoms with van der Waals surface area (Å²) in [6, 6.07) is 12.1. The summed E-state index contributed by atoms with van der Waals surface area (Å²) in [7, 11) is 0. The lowest BCUT2D eigenvalue weighted by molar-refractivity contribution is 0.0990. The highest BCUT2D eigenvalue weighted by atomic mass is 16.2. The summed E-state index contributed by atoms with van der Waals surface area (Å²) < 4.78 is 0. The molecule has 2 aromatic carbocycles. The van der Waals surface area contributed by atoms with Crippen molar-refractivity contribution in [2.45, 2.75) is 13.8 Å². The van der Waals surface area contributed by atoms with Crippen LogP contribution < -0.4 is 4.90 Å². The van der Waals surface area contributed by atoms with Crippen LogP contribution in [0.15, 0.2) is 36.4 Å². The van der Waals surface area contributed by atoms with Gasteiger partial charge in [-0.25, -0.2) is 0 Å². The van der Waals surface area contributed by atoms with E-state index in [2.05, 4.69) is 26.0 Å². The number of amides is 1. The molecule has 1 aliphatic heterocycles. The molecule has 1 aliphatic rings. The number of carbonyl (C=O) groups excluding carboxylic acids is 1. The smallest absolute Gasteiger partial charge is 0.259 e. The number of rotatable bonds is 2. The molecule has 0 aromatic heterocycles. The molecule has 0 radical (unpaired) electrons. The average molecular weight is 225 g/mol. The molecule has 0 bridgehead atoms. The van der Waals surface area contributed by atoms with Crippen LogP contribution in [0.5, 0.6) is 0 Å². The molecule has 0 aliphatic carbocycles. The van der Waals surface area contributed by atoms with Gasteiger partial charge in [-0.3, -0.25) is 4.79 Å². The van der Waals surface area contributed by atoms with E-state index in [0.29, 0.717) is 5.92 Å². The van der Waals surface area contributed by atoms with Gasteiger partial charge in [0.25, 0.3) is 5.91 Å². The molecule has 0 fully saturated rings. The zero-order valence-electron chi connectivity index (χ0n) is 10.1. The minimum atomic E-state index is 0.144. The quantitative estimate of drug-likeness (QED) is 0.766. The van der Waals surface area contributed by atoms with Gasteiger partial charge in [0.2, 0.25) is 0 Å². The first-order valence-electron chi connectivity index (χ1n) is 6.02. The third-order valence-electron chi connectivity index (χ3n) is 3.20. The molecule has 1 amide bonds. The van der Waals surface area contributed by atoms with Gasteiger partial charge in [-0.2, -0.15) is 0 Å². The summed E-state index contributed by atoms with van der Waals surface area (Å²) in [6.07, 6.45) is 0. The Labute approximate surface area is 101 Å². The van der Waals surface area contributed by atoms with E-state index >= 15 is 0 Å². The van der Waals surface area contributed by atoms with Crippen molar-refractivity contribution in [2.75, 3.05) is 11.4 Å². The first-order valence-corrected chi connectivity index (χ1v) is 6.02. The van der Waals surface area contributed by atoms with Gasteiger partial charge >= 0.3 is 0 Å². The van der Waals surface area contributed by atoms with E-state index in [4.69, 9.17) is 0 Å². The standard InChI is InChI=1S/C15H15NO/c1-10(2)9-16-13-8-4-6-11-5-3-7-12(14(11)13)15(16)17/h3-8,10H,9H2,1-2H3. The monoisotopic (exact) mass is 225 g/mol. The van der Waals surface area contributed by atoms with Gasteiger partial charge in [-0.15, -0.1) is 0 Å². The van der Waals surface area contributed by atoms with Crippen LogP contribution in [0.2, 0.25) is 0 Å². The van der Waals surface area contributed by atoms with E-state index < -0.39 is 0 Å². The molecule has 2 aromatic rings. The van der Waals surface area contributed by atoms with E-state index in [1.54, 1.807) is 0 Å². The molecular weight excluding hydrogens is 210 g/mol. The van der Waals surface area contributed by atoms with Crippen molar-refractivity contribution in [3.05, 3.63) is 42.0 Å². The molecule has 0 N–H and O–H groups in total. The molecule has 0 atom stereocenters. The number of anilines is 1. The Kier molecular flexibility index (Phi) is 2.18. The Morgan fingerprint density at radius 1 is 1.12 bits per heavy atom. The molecule has 0 spiro atoms. The molecule has 0 saturated heterocycles. The number of hydrogen-bond donors (Lipinski definition) is 0. The highest BCUT2D eigenvalue weighted by Gasteiger charge is 2.29. The molecule has 1 heterocycles. The van der Waals surface area contributed by atoms with Gasteiger partial charge in [-0.05, 0) is 23.4 Å². The van der Waals surface area contributed by atoms with Crippen molar-refractivity contribution in [2.24, 2.45) is 5.92 Å². The number of benzene rings is 2. The zero-order chi connectivity index (χ0) is 12.0. The SMILES string of the molecule is CC(C)CN1C(=O)c2cccc3cccc1c23. The Balaban J connectivity index is 2.23. The van der Waals surface area contributed by atoms with Crippen LogP contribution in [0.25, 0.3) is 10.8 Å². The highest BCUT2D eigenvalue weighted by molar-refractivity contribution is 6.24. The van der Waals surface area contributed by atoms with Crippen LogP contribution in [0.1, 0.15) is 24.2 Å². The van der Waals surface area contributed by atoms with Crippen molar-refractivity contribution in [1.82, 2.24) is 0 Å². The van der Waals surface area contributed by atoms with E-state index in [9.17, 15) is 4.79 Å². The van der Waals surface area contributed by atoms with Crippen LogP contribution >= 0.6 is 0 Å². The van der Waals surface area contributed by atoms with Crippen LogP contribution in [-0.2, 0) is 0 Å². The Bertz CT molecular complexity index is 596. The van der Waals surface area contributed by atoms with Crippen molar-refractivity contribution in [1.29, 1.82) is 0 Å². The summed E-state index contributed by atoms with van der Waals surface area (Å²) >= 11 is 0. The summed E-state index contributed by atoms with van der Waals surface area (Å²) in [5, 5.41) is 2.26. The first-order chi connectivity index (χ1) is 8.18. The molecule has 0 unspecified atom stereocenters. The van der Waals surface area contributed by atoms with Crippen molar-refractivity contribution < 1.29 is 4.79 Å². The largest absolute Gasteiger partial charge is 0.307 e. The maximum Gasteiger partial charge on any atom is 0.259 e. The predicted octanol–water partition coefficient (Wildman–Crippen LogP) is 3.46.